The minimum absolute atomic E-state index is 0.116. The molecule has 9 heteroatoms. The molecule has 0 saturated carbocycles. The number of nitrogens with one attached hydrogen (secondary N) is 2. The van der Waals surface area contributed by atoms with Gasteiger partial charge < -0.3 is 16.4 Å². The molecule has 0 bridgehead atoms. The molecule has 130 valence electrons. The van der Waals surface area contributed by atoms with Crippen molar-refractivity contribution in [3.63, 3.8) is 0 Å². The van der Waals surface area contributed by atoms with Gasteiger partial charge in [0.25, 0.3) is 0 Å². The maximum atomic E-state index is 12.1. The molecule has 2 heterocycles. The first kappa shape index (κ1) is 18.5. The molecular weight excluding hydrogens is 346 g/mol. The standard InChI is InChI=1S/C15H21N5O2S2/c1-9(2)11-7-17-14(24-11)20-13(22)6-10-8-23-15(18-10)19-12(21)4-3-5-16/h7-9H,3-6,16H2,1-2H3,(H,17,20,22)(H,18,19,21). The van der Waals surface area contributed by atoms with E-state index in [1.165, 1.54) is 22.7 Å². The lowest BCUT2D eigenvalue weighted by molar-refractivity contribution is -0.116. The van der Waals surface area contributed by atoms with Gasteiger partial charge in [0.1, 0.15) is 0 Å². The highest BCUT2D eigenvalue weighted by Crippen LogP contribution is 2.25. The fourth-order valence-corrected chi connectivity index (χ4v) is 3.39. The fraction of sp³-hybridized carbons (Fsp3) is 0.467. The van der Waals surface area contributed by atoms with Crippen molar-refractivity contribution in [3.8, 4) is 0 Å². The SMILES string of the molecule is CC(C)c1cnc(NC(=O)Cc2csc(NC(=O)CCCN)n2)s1. The molecule has 2 aromatic rings. The number of hydrogen-bond acceptors (Lipinski definition) is 7. The summed E-state index contributed by atoms with van der Waals surface area (Å²) in [7, 11) is 0. The molecule has 2 aromatic heterocycles. The maximum absolute atomic E-state index is 12.1. The number of carbonyl (C=O) groups is 2. The van der Waals surface area contributed by atoms with Crippen LogP contribution in [0.25, 0.3) is 0 Å². The molecule has 2 amide bonds. The van der Waals surface area contributed by atoms with Crippen LogP contribution < -0.4 is 16.4 Å². The fourth-order valence-electron chi connectivity index (χ4n) is 1.83. The van der Waals surface area contributed by atoms with Crippen molar-refractivity contribution in [2.24, 2.45) is 5.73 Å². The van der Waals surface area contributed by atoms with Gasteiger partial charge in [-0.1, -0.05) is 13.8 Å². The molecule has 0 fully saturated rings. The highest BCUT2D eigenvalue weighted by atomic mass is 32.1. The van der Waals surface area contributed by atoms with E-state index >= 15 is 0 Å². The molecule has 24 heavy (non-hydrogen) atoms. The third-order valence-corrected chi connectivity index (χ3v) is 5.11. The summed E-state index contributed by atoms with van der Waals surface area (Å²) in [6.07, 6.45) is 2.93. The van der Waals surface area contributed by atoms with E-state index in [0.717, 1.165) is 4.88 Å². The summed E-state index contributed by atoms with van der Waals surface area (Å²) in [5.74, 6) is 0.0953. The molecular formula is C15H21N5O2S2. The van der Waals surface area contributed by atoms with Crippen LogP contribution in [0.2, 0.25) is 0 Å². The van der Waals surface area contributed by atoms with E-state index in [1.807, 2.05) is 0 Å². The van der Waals surface area contributed by atoms with E-state index in [1.54, 1.807) is 11.6 Å². The van der Waals surface area contributed by atoms with Crippen LogP contribution in [-0.2, 0) is 16.0 Å². The van der Waals surface area contributed by atoms with Gasteiger partial charge >= 0.3 is 0 Å². The Kier molecular flexibility index (Phi) is 6.83. The number of nitrogens with zero attached hydrogens (tertiary/aromatic N) is 2. The van der Waals surface area contributed by atoms with E-state index in [4.69, 9.17) is 5.73 Å². The third kappa shape index (κ3) is 5.66. The first-order valence-corrected chi connectivity index (χ1v) is 9.37. The first-order chi connectivity index (χ1) is 11.5. The Morgan fingerprint density at radius 3 is 2.67 bits per heavy atom. The van der Waals surface area contributed by atoms with Crippen LogP contribution >= 0.6 is 22.7 Å². The maximum Gasteiger partial charge on any atom is 0.232 e. The van der Waals surface area contributed by atoms with Crippen LogP contribution in [0.15, 0.2) is 11.6 Å². The van der Waals surface area contributed by atoms with Gasteiger partial charge in [0.2, 0.25) is 11.8 Å². The Morgan fingerprint density at radius 2 is 2.00 bits per heavy atom. The second kappa shape index (κ2) is 8.86. The molecule has 0 spiro atoms. The predicted octanol–water partition coefficient (Wildman–Crippen LogP) is 2.58. The van der Waals surface area contributed by atoms with Crippen LogP contribution in [0.5, 0.6) is 0 Å². The highest BCUT2D eigenvalue weighted by Gasteiger charge is 2.12. The van der Waals surface area contributed by atoms with Crippen LogP contribution in [-0.4, -0.2) is 28.3 Å². The Morgan fingerprint density at radius 1 is 1.25 bits per heavy atom. The van der Waals surface area contributed by atoms with Crippen molar-refractivity contribution in [1.82, 2.24) is 9.97 Å². The summed E-state index contributed by atoms with van der Waals surface area (Å²) < 4.78 is 0. The summed E-state index contributed by atoms with van der Waals surface area (Å²) in [5.41, 5.74) is 5.99. The minimum Gasteiger partial charge on any atom is -0.330 e. The Balaban J connectivity index is 1.84. The Labute approximate surface area is 148 Å². The monoisotopic (exact) mass is 367 g/mol. The molecule has 4 N–H and O–H groups in total. The molecule has 0 unspecified atom stereocenters. The van der Waals surface area contributed by atoms with E-state index < -0.39 is 0 Å². The number of amides is 2. The molecule has 0 aliphatic rings. The van der Waals surface area contributed by atoms with E-state index in [9.17, 15) is 9.59 Å². The van der Waals surface area contributed by atoms with Crippen molar-refractivity contribution in [2.75, 3.05) is 17.2 Å². The molecule has 7 nitrogen and oxygen atoms in total. The van der Waals surface area contributed by atoms with Gasteiger partial charge in [-0.2, -0.15) is 0 Å². The summed E-state index contributed by atoms with van der Waals surface area (Å²) in [4.78, 5) is 33.2. The number of nitrogens with two attached hydrogens (primary N) is 1. The van der Waals surface area contributed by atoms with Gasteiger partial charge in [-0.05, 0) is 18.9 Å². The smallest absolute Gasteiger partial charge is 0.232 e. The molecule has 2 rings (SSSR count). The molecule has 0 saturated heterocycles. The lowest BCUT2D eigenvalue weighted by Crippen LogP contribution is -2.15. The zero-order valence-corrected chi connectivity index (χ0v) is 15.3. The number of thiazole rings is 2. The van der Waals surface area contributed by atoms with Gasteiger partial charge in [0.05, 0.1) is 12.1 Å². The van der Waals surface area contributed by atoms with Crippen molar-refractivity contribution in [1.29, 1.82) is 0 Å². The zero-order valence-electron chi connectivity index (χ0n) is 13.7. The van der Waals surface area contributed by atoms with Crippen molar-refractivity contribution in [3.05, 3.63) is 22.1 Å². The van der Waals surface area contributed by atoms with E-state index in [0.29, 0.717) is 41.3 Å². The summed E-state index contributed by atoms with van der Waals surface area (Å²) in [5, 5.41) is 8.33. The van der Waals surface area contributed by atoms with Crippen LogP contribution in [0, 0.1) is 0 Å². The predicted molar refractivity (Wildman–Crippen MR) is 97.6 cm³/mol. The van der Waals surface area contributed by atoms with E-state index in [2.05, 4.69) is 34.4 Å². The number of rotatable bonds is 8. The Hall–Kier alpha value is -1.84. The molecule has 0 atom stereocenters. The average Bonchev–Trinajstić information content (AvgIpc) is 3.15. The number of carbonyl (C=O) groups excluding carboxylic acids is 2. The van der Waals surface area contributed by atoms with Gasteiger partial charge in [0.15, 0.2) is 10.3 Å². The second-order valence-corrected chi connectivity index (χ2v) is 7.45. The van der Waals surface area contributed by atoms with Gasteiger partial charge in [-0.25, -0.2) is 9.97 Å². The molecule has 0 radical (unpaired) electrons. The molecule has 0 aliphatic carbocycles. The van der Waals surface area contributed by atoms with Crippen molar-refractivity contribution in [2.45, 2.75) is 39.0 Å². The summed E-state index contributed by atoms with van der Waals surface area (Å²) in [6.45, 7) is 4.64. The van der Waals surface area contributed by atoms with Crippen LogP contribution in [0.3, 0.4) is 0 Å². The average molecular weight is 368 g/mol. The quantitative estimate of drug-likeness (QED) is 0.664. The first-order valence-electron chi connectivity index (χ1n) is 7.67. The lowest BCUT2D eigenvalue weighted by atomic mass is 10.2. The van der Waals surface area contributed by atoms with Gasteiger partial charge in [0, 0.05) is 22.9 Å². The summed E-state index contributed by atoms with van der Waals surface area (Å²) in [6, 6.07) is 0. The number of anilines is 2. The normalized spacial score (nSPS) is 10.8. The largest absolute Gasteiger partial charge is 0.330 e. The molecule has 0 aromatic carbocycles. The van der Waals surface area contributed by atoms with Crippen LogP contribution in [0.1, 0.15) is 43.2 Å². The summed E-state index contributed by atoms with van der Waals surface area (Å²) >= 11 is 2.77. The Bertz CT molecular complexity index is 696. The van der Waals surface area contributed by atoms with Crippen molar-refractivity contribution >= 4 is 44.8 Å². The lowest BCUT2D eigenvalue weighted by Gasteiger charge is -2.01. The third-order valence-electron chi connectivity index (χ3n) is 3.09. The zero-order chi connectivity index (χ0) is 17.5. The van der Waals surface area contributed by atoms with Crippen LogP contribution in [0.4, 0.5) is 10.3 Å². The topological polar surface area (TPSA) is 110 Å². The van der Waals surface area contributed by atoms with Gasteiger partial charge in [-0.3, -0.25) is 9.59 Å². The second-order valence-electron chi connectivity index (χ2n) is 5.53. The highest BCUT2D eigenvalue weighted by molar-refractivity contribution is 7.15. The van der Waals surface area contributed by atoms with Crippen molar-refractivity contribution < 1.29 is 9.59 Å². The minimum atomic E-state index is -0.175. The van der Waals surface area contributed by atoms with Gasteiger partial charge in [-0.15, -0.1) is 22.7 Å². The number of hydrogen-bond donors (Lipinski definition) is 3. The number of aromatic nitrogens is 2. The van der Waals surface area contributed by atoms with E-state index in [-0.39, 0.29) is 18.2 Å². The molecule has 0 aliphatic heterocycles.